The maximum absolute atomic E-state index is 11.6. The topological polar surface area (TPSA) is 333 Å². The van der Waals surface area contributed by atoms with Gasteiger partial charge < -0.3 is 95.8 Å². The second kappa shape index (κ2) is 64.7. The average molecular weight is 1280 g/mol. The van der Waals surface area contributed by atoms with E-state index in [1.54, 1.807) is 24.3 Å². The summed E-state index contributed by atoms with van der Waals surface area (Å²) in [6.07, 6.45) is 3.52. The number of hydrogen-bond acceptors (Lipinski definition) is 30. The van der Waals surface area contributed by atoms with Gasteiger partial charge in [-0.15, -0.1) is 10.3 Å². The fourth-order valence-electron chi connectivity index (χ4n) is 6.14. The van der Waals surface area contributed by atoms with Crippen molar-refractivity contribution < 1.29 is 182 Å². The van der Waals surface area contributed by atoms with Crippen LogP contribution in [-0.2, 0) is 105 Å². The summed E-state index contributed by atoms with van der Waals surface area (Å²) in [5.74, 6) is 0. The van der Waals surface area contributed by atoms with E-state index in [2.05, 4.69) is 19.6 Å². The normalized spacial score (nSPS) is 11.7. The molecule has 0 unspecified atom stereocenters. The molecule has 2 aromatic carbocycles. The van der Waals surface area contributed by atoms with Gasteiger partial charge in [0.05, 0.1) is 231 Å². The molecule has 2 aromatic rings. The van der Waals surface area contributed by atoms with Crippen molar-refractivity contribution in [1.82, 2.24) is 0 Å². The van der Waals surface area contributed by atoms with Gasteiger partial charge in [0.2, 0.25) is 0 Å². The van der Waals surface area contributed by atoms with Crippen molar-refractivity contribution in [3.63, 3.8) is 0 Å². The van der Waals surface area contributed by atoms with Crippen LogP contribution in [0.25, 0.3) is 0 Å². The number of aliphatic hydroxyl groups is 2. The molecule has 0 saturated carbocycles. The standard InChI is InChI=1S/C52H91N3O26S2.2Na/c56-11-17-66-23-29-72-35-31-68-25-19-62-13-1-3-15-64-21-27-70-33-37-74-39-41-76-43-45-78-55(49-7-5-48(6-8-49)53-54-51-47-50(83(59,60)61)9-10-52(51)82-81-80-58)79-46-44-77-42-40-75-38-34-71-28-22-65-16-4-2-14-63-20-26-69-32-36-73-30-24-67-18-12-57;;/h5-10,47,56-58H,1-4,11-46H2,(H,59,60,61);;/q;2*+1/p-2. The van der Waals surface area contributed by atoms with Crippen LogP contribution >= 0.6 is 12.0 Å². The summed E-state index contributed by atoms with van der Waals surface area (Å²) in [4.78, 5) is 11.4. The number of benzene rings is 2. The number of aliphatic hydroxyl groups excluding tert-OH is 2. The first-order valence-electron chi connectivity index (χ1n) is 27.7. The Morgan fingerprint density at radius 1 is 0.400 bits per heavy atom. The number of anilines is 1. The van der Waals surface area contributed by atoms with Gasteiger partial charge in [-0.1, -0.05) is 0 Å². The molecular weight excluding hydrogens is 1190 g/mol. The van der Waals surface area contributed by atoms with Gasteiger partial charge in [-0.2, -0.15) is 9.45 Å². The van der Waals surface area contributed by atoms with Crippen molar-refractivity contribution in [1.29, 1.82) is 0 Å². The number of azo groups is 1. The van der Waals surface area contributed by atoms with Gasteiger partial charge in [-0.25, -0.2) is 18.1 Å². The first-order chi connectivity index (χ1) is 40.9. The predicted molar refractivity (Wildman–Crippen MR) is 293 cm³/mol. The summed E-state index contributed by atoms with van der Waals surface area (Å²) in [5.41, 5.74) is 0.746. The van der Waals surface area contributed by atoms with Crippen LogP contribution in [0.1, 0.15) is 25.7 Å². The zero-order valence-electron chi connectivity index (χ0n) is 49.7. The summed E-state index contributed by atoms with van der Waals surface area (Å²) >= 11 is 0.459. The molecule has 85 heavy (non-hydrogen) atoms. The van der Waals surface area contributed by atoms with Crippen LogP contribution < -0.4 is 69.6 Å². The first-order valence-corrected chi connectivity index (χ1v) is 29.8. The van der Waals surface area contributed by atoms with Crippen LogP contribution in [0.4, 0.5) is 17.1 Å². The zero-order chi connectivity index (χ0) is 59.5. The summed E-state index contributed by atoms with van der Waals surface area (Å²) in [7, 11) is -4.81. The molecule has 29 nitrogen and oxygen atoms in total. The SMILES string of the molecule is O=S(=O)([O-])c1ccc(SOO[O-])c(N=Nc2ccc(N(OCCOCCOCCOCCOCCCCOCCOCCOCCOCCO)OCCOCCOCCOCCOCCCCOCCOCCOCCOCCO)cc2)c1.[Na+].[Na+]. The molecule has 0 atom stereocenters. The van der Waals surface area contributed by atoms with Gasteiger partial charge in [0.15, 0.2) is 0 Å². The molecule has 0 aromatic heterocycles. The Labute approximate surface area is 549 Å². The number of hydrogen-bond donors (Lipinski definition) is 2. The van der Waals surface area contributed by atoms with E-state index in [0.717, 1.165) is 37.8 Å². The van der Waals surface area contributed by atoms with Gasteiger partial charge in [0.1, 0.15) is 29.0 Å². The molecule has 0 radical (unpaired) electrons. The van der Waals surface area contributed by atoms with E-state index in [-0.39, 0.29) is 109 Å². The van der Waals surface area contributed by atoms with E-state index >= 15 is 0 Å². The molecule has 2 N–H and O–H groups in total. The van der Waals surface area contributed by atoms with Crippen LogP contribution in [-0.4, -0.2) is 261 Å². The fourth-order valence-corrected chi connectivity index (χ4v) is 7.04. The Bertz CT molecular complexity index is 1810. The molecule has 0 fully saturated rings. The van der Waals surface area contributed by atoms with Crippen molar-refractivity contribution in [2.45, 2.75) is 35.5 Å². The molecule has 0 bridgehead atoms. The van der Waals surface area contributed by atoms with Gasteiger partial charge in [0, 0.05) is 26.4 Å². The molecule has 0 aliphatic carbocycles. The Morgan fingerprint density at radius 3 is 0.988 bits per heavy atom. The largest absolute Gasteiger partial charge is 1.00 e. The minimum absolute atomic E-state index is 0. The third kappa shape index (κ3) is 53.5. The van der Waals surface area contributed by atoms with Gasteiger partial charge in [0.25, 0.3) is 0 Å². The van der Waals surface area contributed by atoms with Crippen LogP contribution in [0.15, 0.2) is 62.5 Å². The predicted octanol–water partition coefficient (Wildman–Crippen LogP) is -3.28. The third-order valence-electron chi connectivity index (χ3n) is 10.2. The maximum atomic E-state index is 11.6. The number of unbranched alkanes of at least 4 members (excludes halogenated alkanes) is 2. The molecule has 0 aliphatic heterocycles. The smallest absolute Gasteiger partial charge is 0.744 e. The summed E-state index contributed by atoms with van der Waals surface area (Å²) in [6.45, 7) is 14.4. The van der Waals surface area contributed by atoms with Crippen molar-refractivity contribution >= 4 is 39.2 Å². The van der Waals surface area contributed by atoms with E-state index in [1.165, 1.54) is 11.3 Å². The average Bonchev–Trinajstić information content (AvgIpc) is 3.66. The van der Waals surface area contributed by atoms with E-state index in [0.29, 0.717) is 222 Å². The Balaban J connectivity index is 0.0000353. The first kappa shape index (κ1) is 84.2. The maximum Gasteiger partial charge on any atom is 1.00 e. The van der Waals surface area contributed by atoms with Crippen LogP contribution in [0.3, 0.4) is 0 Å². The van der Waals surface area contributed by atoms with E-state index in [1.807, 2.05) is 0 Å². The van der Waals surface area contributed by atoms with Crippen LogP contribution in [0, 0.1) is 0 Å². The molecule has 2 rings (SSSR count). The monoisotopic (exact) mass is 1280 g/mol. The summed E-state index contributed by atoms with van der Waals surface area (Å²) in [6, 6.07) is 9.72. The number of nitrogens with zero attached hydrogens (tertiary/aromatic N) is 3. The number of ether oxygens (including phenoxy) is 16. The molecule has 0 saturated heterocycles. The molecule has 0 amide bonds. The molecule has 482 valence electrons. The molecule has 0 heterocycles. The molecule has 0 aliphatic rings. The quantitative estimate of drug-likeness (QED) is 0.0125. The van der Waals surface area contributed by atoms with Crippen molar-refractivity contribution in [2.75, 3.05) is 243 Å². The third-order valence-corrected chi connectivity index (χ3v) is 11.6. The second-order valence-corrected chi connectivity index (χ2v) is 18.7. The summed E-state index contributed by atoms with van der Waals surface area (Å²) < 4.78 is 127. The second-order valence-electron chi connectivity index (χ2n) is 16.6. The van der Waals surface area contributed by atoms with Crippen molar-refractivity contribution in [2.24, 2.45) is 10.2 Å². The fraction of sp³-hybridized carbons (Fsp3) is 0.769. The molecular formula is C52H89N3Na2O26S2. The number of rotatable bonds is 65. The van der Waals surface area contributed by atoms with Crippen molar-refractivity contribution in [3.8, 4) is 0 Å². The van der Waals surface area contributed by atoms with Crippen molar-refractivity contribution in [3.05, 3.63) is 42.5 Å². The summed E-state index contributed by atoms with van der Waals surface area (Å²) in [5, 5.41) is 40.5. The van der Waals surface area contributed by atoms with E-state index < -0.39 is 15.0 Å². The Kier molecular flexibility index (Phi) is 64.1. The van der Waals surface area contributed by atoms with Gasteiger partial charge >= 0.3 is 59.1 Å². The van der Waals surface area contributed by atoms with Crippen LogP contribution in [0.2, 0.25) is 0 Å². The van der Waals surface area contributed by atoms with E-state index in [9.17, 15) is 18.2 Å². The Morgan fingerprint density at radius 2 is 0.694 bits per heavy atom. The van der Waals surface area contributed by atoms with Gasteiger partial charge in [-0.3, -0.25) is 5.04 Å². The zero-order valence-corrected chi connectivity index (χ0v) is 55.3. The van der Waals surface area contributed by atoms with Gasteiger partial charge in [-0.05, 0) is 68.1 Å². The van der Waals surface area contributed by atoms with E-state index in [4.69, 9.17) is 95.7 Å². The molecule has 33 heteroatoms. The minimum atomic E-state index is -4.81. The van der Waals surface area contributed by atoms with Crippen LogP contribution in [0.5, 0.6) is 0 Å². The Hall–Kier alpha value is -0.820. The minimum Gasteiger partial charge on any atom is -0.744 e. The molecule has 0 spiro atoms.